The van der Waals surface area contributed by atoms with Gasteiger partial charge in [-0.15, -0.1) is 11.8 Å². The Hall–Kier alpha value is -2.29. The number of halogens is 2. The first kappa shape index (κ1) is 28.0. The maximum absolute atomic E-state index is 13.3. The smallest absolute Gasteiger partial charge is 0.269 e. The number of carbonyl (C=O) groups excluding carboxylic acids is 2. The third-order valence-corrected chi connectivity index (χ3v) is 7.12. The monoisotopic (exact) mass is 525 g/mol. The predicted octanol–water partition coefficient (Wildman–Crippen LogP) is 5.86. The van der Waals surface area contributed by atoms with Gasteiger partial charge < -0.3 is 10.2 Å². The number of nitrogens with zero attached hydrogens (tertiary/aromatic N) is 2. The van der Waals surface area contributed by atoms with Gasteiger partial charge in [0, 0.05) is 46.1 Å². The van der Waals surface area contributed by atoms with Crippen LogP contribution in [0.15, 0.2) is 42.5 Å². The van der Waals surface area contributed by atoms with E-state index in [4.69, 9.17) is 23.2 Å². The zero-order valence-electron chi connectivity index (χ0n) is 19.4. The van der Waals surface area contributed by atoms with Crippen molar-refractivity contribution in [2.24, 2.45) is 0 Å². The van der Waals surface area contributed by atoms with Crippen LogP contribution >= 0.6 is 35.0 Å². The minimum atomic E-state index is -0.672. The second-order valence-corrected chi connectivity index (χ2v) is 9.68. The number of benzene rings is 2. The Kier molecular flexibility index (Phi) is 11.1. The molecule has 0 fully saturated rings. The molecule has 1 N–H and O–H groups in total. The molecule has 0 aliphatic rings. The molecule has 2 aromatic rings. The van der Waals surface area contributed by atoms with Gasteiger partial charge in [0.25, 0.3) is 5.69 Å². The number of non-ortho nitro benzene ring substituents is 1. The van der Waals surface area contributed by atoms with Crippen molar-refractivity contribution >= 4 is 52.5 Å². The predicted molar refractivity (Wildman–Crippen MR) is 138 cm³/mol. The normalized spacial score (nSPS) is 12.6. The van der Waals surface area contributed by atoms with Crippen LogP contribution in [-0.2, 0) is 21.9 Å². The maximum atomic E-state index is 13.3. The largest absolute Gasteiger partial charge is 0.352 e. The quantitative estimate of drug-likeness (QED) is 0.276. The molecule has 0 heterocycles. The standard InChI is InChI=1S/C24H29Cl2N3O4S/c1-4-16(3)27-24(31)22(5-2)28(13-19-20(25)7-6-8-21(19)26)23(30)15-34-14-17-9-11-18(12-10-17)29(32)33/h6-12,16,22H,4-5,13-15H2,1-3H3,(H,27,31)/t16-,22+/m0/s1. The summed E-state index contributed by atoms with van der Waals surface area (Å²) < 4.78 is 0. The molecule has 184 valence electrons. The summed E-state index contributed by atoms with van der Waals surface area (Å²) in [4.78, 5) is 38.2. The Morgan fingerprint density at radius 3 is 2.24 bits per heavy atom. The molecule has 0 aliphatic heterocycles. The molecule has 2 atom stereocenters. The summed E-state index contributed by atoms with van der Waals surface area (Å²) in [5.41, 5.74) is 1.48. The second kappa shape index (κ2) is 13.6. The van der Waals surface area contributed by atoms with Gasteiger partial charge >= 0.3 is 0 Å². The molecule has 0 spiro atoms. The highest BCUT2D eigenvalue weighted by Gasteiger charge is 2.30. The lowest BCUT2D eigenvalue weighted by Crippen LogP contribution is -2.51. The van der Waals surface area contributed by atoms with Crippen molar-refractivity contribution in [3.05, 3.63) is 73.8 Å². The highest BCUT2D eigenvalue weighted by atomic mass is 35.5. The van der Waals surface area contributed by atoms with Crippen LogP contribution in [0.2, 0.25) is 10.0 Å². The van der Waals surface area contributed by atoms with Crippen LogP contribution in [0.5, 0.6) is 0 Å². The van der Waals surface area contributed by atoms with E-state index in [0.29, 0.717) is 27.8 Å². The number of amides is 2. The molecule has 10 heteroatoms. The van der Waals surface area contributed by atoms with Crippen molar-refractivity contribution in [1.82, 2.24) is 10.2 Å². The summed E-state index contributed by atoms with van der Waals surface area (Å²) >= 11 is 14.1. The molecule has 0 radical (unpaired) electrons. The van der Waals surface area contributed by atoms with E-state index in [1.54, 1.807) is 30.3 Å². The van der Waals surface area contributed by atoms with E-state index < -0.39 is 11.0 Å². The van der Waals surface area contributed by atoms with Gasteiger partial charge in [-0.3, -0.25) is 19.7 Å². The molecule has 0 aromatic heterocycles. The van der Waals surface area contributed by atoms with E-state index in [-0.39, 0.29) is 35.8 Å². The fraction of sp³-hybridized carbons (Fsp3) is 0.417. The fourth-order valence-electron chi connectivity index (χ4n) is 3.27. The molecular formula is C24H29Cl2N3O4S. The van der Waals surface area contributed by atoms with Gasteiger partial charge in [-0.2, -0.15) is 0 Å². The van der Waals surface area contributed by atoms with Crippen LogP contribution in [-0.4, -0.2) is 39.5 Å². The van der Waals surface area contributed by atoms with E-state index in [9.17, 15) is 19.7 Å². The summed E-state index contributed by atoms with van der Waals surface area (Å²) in [5.74, 6) is 0.203. The average Bonchev–Trinajstić information content (AvgIpc) is 2.80. The Labute approximate surface area is 214 Å². The van der Waals surface area contributed by atoms with Gasteiger partial charge in [-0.05, 0) is 37.5 Å². The number of thioether (sulfide) groups is 1. The lowest BCUT2D eigenvalue weighted by molar-refractivity contribution is -0.384. The van der Waals surface area contributed by atoms with E-state index in [1.165, 1.54) is 28.8 Å². The molecule has 2 rings (SSSR count). The molecule has 0 aliphatic carbocycles. The Balaban J connectivity index is 2.18. The first-order valence-corrected chi connectivity index (χ1v) is 12.9. The van der Waals surface area contributed by atoms with Crippen molar-refractivity contribution < 1.29 is 14.5 Å². The average molecular weight is 526 g/mol. The lowest BCUT2D eigenvalue weighted by atomic mass is 10.1. The minimum absolute atomic E-state index is 0.0149. The Morgan fingerprint density at radius 2 is 1.71 bits per heavy atom. The van der Waals surface area contributed by atoms with Gasteiger partial charge in [-0.25, -0.2) is 0 Å². The molecule has 2 amide bonds. The SMILES string of the molecule is CC[C@H](C(=O)N[C@@H](C)CC)N(Cc1c(Cl)cccc1Cl)C(=O)CSCc1ccc([N+](=O)[O-])cc1. The van der Waals surface area contributed by atoms with E-state index in [2.05, 4.69) is 5.32 Å². The minimum Gasteiger partial charge on any atom is -0.352 e. The third kappa shape index (κ3) is 7.89. The highest BCUT2D eigenvalue weighted by Crippen LogP contribution is 2.27. The van der Waals surface area contributed by atoms with Crippen LogP contribution in [0.1, 0.15) is 44.7 Å². The summed E-state index contributed by atoms with van der Waals surface area (Å²) in [5, 5.41) is 14.7. The number of carbonyl (C=O) groups is 2. The number of nitro groups is 1. The molecule has 0 saturated heterocycles. The van der Waals surface area contributed by atoms with Gasteiger partial charge in [0.2, 0.25) is 11.8 Å². The third-order valence-electron chi connectivity index (χ3n) is 5.42. The maximum Gasteiger partial charge on any atom is 0.269 e. The number of hydrogen-bond donors (Lipinski definition) is 1. The molecule has 34 heavy (non-hydrogen) atoms. The van der Waals surface area contributed by atoms with Crippen LogP contribution < -0.4 is 5.32 Å². The highest BCUT2D eigenvalue weighted by molar-refractivity contribution is 7.99. The molecule has 0 saturated carbocycles. The Bertz CT molecular complexity index is 984. The van der Waals surface area contributed by atoms with Crippen molar-refractivity contribution in [2.75, 3.05) is 5.75 Å². The zero-order valence-corrected chi connectivity index (χ0v) is 21.8. The zero-order chi connectivity index (χ0) is 25.3. The second-order valence-electron chi connectivity index (χ2n) is 7.88. The van der Waals surface area contributed by atoms with Crippen molar-refractivity contribution in [3.63, 3.8) is 0 Å². The van der Waals surface area contributed by atoms with Gasteiger partial charge in [0.1, 0.15) is 6.04 Å². The topological polar surface area (TPSA) is 92.6 Å². The van der Waals surface area contributed by atoms with Crippen LogP contribution in [0.3, 0.4) is 0 Å². The van der Waals surface area contributed by atoms with Crippen LogP contribution in [0, 0.1) is 10.1 Å². The first-order chi connectivity index (χ1) is 16.2. The fourth-order valence-corrected chi connectivity index (χ4v) is 4.65. The summed E-state index contributed by atoms with van der Waals surface area (Å²) in [7, 11) is 0. The van der Waals surface area contributed by atoms with Gasteiger partial charge in [0.05, 0.1) is 10.7 Å². The van der Waals surface area contributed by atoms with Crippen molar-refractivity contribution in [1.29, 1.82) is 0 Å². The Morgan fingerprint density at radius 1 is 1.09 bits per heavy atom. The lowest BCUT2D eigenvalue weighted by Gasteiger charge is -2.32. The summed E-state index contributed by atoms with van der Waals surface area (Å²) in [6.45, 7) is 5.87. The first-order valence-electron chi connectivity index (χ1n) is 11.0. The molecular weight excluding hydrogens is 497 g/mol. The van der Waals surface area contributed by atoms with Crippen LogP contribution in [0.25, 0.3) is 0 Å². The van der Waals surface area contributed by atoms with E-state index in [0.717, 1.165) is 12.0 Å². The van der Waals surface area contributed by atoms with E-state index >= 15 is 0 Å². The number of nitrogens with one attached hydrogen (secondary N) is 1. The number of rotatable bonds is 12. The number of nitro benzene ring substituents is 1. The summed E-state index contributed by atoms with van der Waals surface area (Å²) in [6, 6.07) is 10.7. The van der Waals surface area contributed by atoms with Crippen molar-refractivity contribution in [2.45, 2.75) is 58.0 Å². The molecule has 7 nitrogen and oxygen atoms in total. The van der Waals surface area contributed by atoms with Crippen molar-refractivity contribution in [3.8, 4) is 0 Å². The van der Waals surface area contributed by atoms with Gasteiger partial charge in [-0.1, -0.05) is 55.2 Å². The van der Waals surface area contributed by atoms with Crippen LogP contribution in [0.4, 0.5) is 5.69 Å². The molecule has 2 aromatic carbocycles. The van der Waals surface area contributed by atoms with Gasteiger partial charge in [0.15, 0.2) is 0 Å². The molecule has 0 bridgehead atoms. The molecule has 0 unspecified atom stereocenters. The summed E-state index contributed by atoms with van der Waals surface area (Å²) in [6.07, 6.45) is 1.21. The number of hydrogen-bond acceptors (Lipinski definition) is 5. The van der Waals surface area contributed by atoms with E-state index in [1.807, 2.05) is 20.8 Å².